The average Bonchev–Trinajstić information content (AvgIpc) is 2.98. The molecule has 0 bridgehead atoms. The zero-order valence-corrected chi connectivity index (χ0v) is 12.8. The highest BCUT2D eigenvalue weighted by molar-refractivity contribution is 5.77. The predicted octanol–water partition coefficient (Wildman–Crippen LogP) is 1.45. The van der Waals surface area contributed by atoms with Crippen molar-refractivity contribution < 1.29 is 9.53 Å². The second-order valence-corrected chi connectivity index (χ2v) is 5.75. The van der Waals surface area contributed by atoms with Crippen molar-refractivity contribution in [3.05, 3.63) is 30.1 Å². The van der Waals surface area contributed by atoms with Gasteiger partial charge in [0.25, 0.3) is 0 Å². The zero-order chi connectivity index (χ0) is 14.9. The van der Waals surface area contributed by atoms with Gasteiger partial charge in [0, 0.05) is 38.7 Å². The van der Waals surface area contributed by atoms with Gasteiger partial charge >= 0.3 is 0 Å². The fraction of sp³-hybridized carbons (Fsp3) is 0.625. The van der Waals surface area contributed by atoms with E-state index in [0.29, 0.717) is 12.5 Å². The van der Waals surface area contributed by atoms with Gasteiger partial charge in [0.2, 0.25) is 5.91 Å². The van der Waals surface area contributed by atoms with E-state index in [0.717, 1.165) is 39.1 Å². The number of carbonyl (C=O) groups is 1. The Morgan fingerprint density at radius 1 is 1.48 bits per heavy atom. The summed E-state index contributed by atoms with van der Waals surface area (Å²) >= 11 is 0. The van der Waals surface area contributed by atoms with Gasteiger partial charge in [-0.15, -0.1) is 0 Å². The van der Waals surface area contributed by atoms with Crippen molar-refractivity contribution >= 4 is 5.91 Å². The normalized spacial score (nSPS) is 18.1. The molecule has 1 aliphatic heterocycles. The maximum absolute atomic E-state index is 11.8. The molecule has 0 spiro atoms. The van der Waals surface area contributed by atoms with Gasteiger partial charge in [-0.3, -0.25) is 14.7 Å². The van der Waals surface area contributed by atoms with Gasteiger partial charge in [-0.05, 0) is 49.9 Å². The van der Waals surface area contributed by atoms with Crippen molar-refractivity contribution in [3.8, 4) is 0 Å². The maximum atomic E-state index is 11.8. The molecule has 1 aromatic heterocycles. The largest absolute Gasteiger partial charge is 0.381 e. The summed E-state index contributed by atoms with van der Waals surface area (Å²) in [4.78, 5) is 17.8. The van der Waals surface area contributed by atoms with Crippen LogP contribution >= 0.6 is 0 Å². The number of ether oxygens (including phenoxy) is 1. The SMILES string of the molecule is CN(CC(=O)NCCCC1CCOC1)Cc1ccncc1. The summed E-state index contributed by atoms with van der Waals surface area (Å²) in [5.74, 6) is 0.783. The lowest BCUT2D eigenvalue weighted by Gasteiger charge is -2.16. The van der Waals surface area contributed by atoms with E-state index >= 15 is 0 Å². The van der Waals surface area contributed by atoms with Crippen LogP contribution in [0.15, 0.2) is 24.5 Å². The van der Waals surface area contributed by atoms with E-state index in [-0.39, 0.29) is 5.91 Å². The Bertz CT molecular complexity index is 419. The number of aromatic nitrogens is 1. The summed E-state index contributed by atoms with van der Waals surface area (Å²) in [6.07, 6.45) is 6.90. The fourth-order valence-electron chi connectivity index (χ4n) is 2.59. The van der Waals surface area contributed by atoms with Crippen LogP contribution in [-0.4, -0.2) is 49.1 Å². The lowest BCUT2D eigenvalue weighted by Crippen LogP contribution is -2.35. The highest BCUT2D eigenvalue weighted by Gasteiger charge is 2.14. The van der Waals surface area contributed by atoms with Crippen LogP contribution in [0.2, 0.25) is 0 Å². The summed E-state index contributed by atoms with van der Waals surface area (Å²) in [6.45, 7) is 3.74. The van der Waals surface area contributed by atoms with Crippen LogP contribution in [0.3, 0.4) is 0 Å². The van der Waals surface area contributed by atoms with E-state index in [1.807, 2.05) is 24.1 Å². The number of hydrogen-bond acceptors (Lipinski definition) is 4. The third-order valence-electron chi connectivity index (χ3n) is 3.75. The van der Waals surface area contributed by atoms with Gasteiger partial charge < -0.3 is 10.1 Å². The summed E-state index contributed by atoms with van der Waals surface area (Å²) < 4.78 is 5.35. The molecule has 1 aliphatic rings. The molecule has 1 amide bonds. The molecule has 1 atom stereocenters. The minimum absolute atomic E-state index is 0.0919. The van der Waals surface area contributed by atoms with E-state index in [4.69, 9.17) is 4.74 Å². The number of rotatable bonds is 8. The molecule has 1 unspecified atom stereocenters. The van der Waals surface area contributed by atoms with Crippen molar-refractivity contribution in [3.63, 3.8) is 0 Å². The molecule has 5 nitrogen and oxygen atoms in total. The first kappa shape index (κ1) is 15.9. The predicted molar refractivity (Wildman–Crippen MR) is 81.7 cm³/mol. The lowest BCUT2D eigenvalue weighted by atomic mass is 10.0. The first-order chi connectivity index (χ1) is 10.2. The van der Waals surface area contributed by atoms with Crippen molar-refractivity contribution in [2.24, 2.45) is 5.92 Å². The highest BCUT2D eigenvalue weighted by Crippen LogP contribution is 2.17. The summed E-state index contributed by atoms with van der Waals surface area (Å²) in [5, 5.41) is 2.99. The van der Waals surface area contributed by atoms with Gasteiger partial charge in [-0.1, -0.05) is 0 Å². The third kappa shape index (κ3) is 6.23. The topological polar surface area (TPSA) is 54.5 Å². The standard InChI is InChI=1S/C16H25N3O2/c1-19(11-14-4-8-17-9-5-14)12-16(20)18-7-2-3-15-6-10-21-13-15/h4-5,8-9,15H,2-3,6-7,10-13H2,1H3,(H,18,20). The molecule has 116 valence electrons. The maximum Gasteiger partial charge on any atom is 0.234 e. The van der Waals surface area contributed by atoms with Gasteiger partial charge in [0.1, 0.15) is 0 Å². The second kappa shape index (κ2) is 8.74. The van der Waals surface area contributed by atoms with Crippen LogP contribution < -0.4 is 5.32 Å². The van der Waals surface area contributed by atoms with E-state index in [1.54, 1.807) is 12.4 Å². The first-order valence-corrected chi connectivity index (χ1v) is 7.66. The van der Waals surface area contributed by atoms with Crippen LogP contribution in [0.25, 0.3) is 0 Å². The van der Waals surface area contributed by atoms with Crippen LogP contribution in [-0.2, 0) is 16.1 Å². The Balaban J connectivity index is 1.56. The second-order valence-electron chi connectivity index (χ2n) is 5.75. The summed E-state index contributed by atoms with van der Waals surface area (Å²) in [5.41, 5.74) is 1.17. The third-order valence-corrected chi connectivity index (χ3v) is 3.75. The molecule has 0 saturated carbocycles. The molecular weight excluding hydrogens is 266 g/mol. The van der Waals surface area contributed by atoms with E-state index < -0.39 is 0 Å². The average molecular weight is 291 g/mol. The van der Waals surface area contributed by atoms with Gasteiger partial charge in [-0.2, -0.15) is 0 Å². The van der Waals surface area contributed by atoms with E-state index in [2.05, 4.69) is 10.3 Å². The fourth-order valence-corrected chi connectivity index (χ4v) is 2.59. The van der Waals surface area contributed by atoms with Crippen LogP contribution in [0.5, 0.6) is 0 Å². The Kier molecular flexibility index (Phi) is 6.63. The smallest absolute Gasteiger partial charge is 0.234 e. The zero-order valence-electron chi connectivity index (χ0n) is 12.8. The molecule has 1 N–H and O–H groups in total. The van der Waals surface area contributed by atoms with Crippen molar-refractivity contribution in [2.45, 2.75) is 25.8 Å². The number of nitrogens with zero attached hydrogens (tertiary/aromatic N) is 2. The quantitative estimate of drug-likeness (QED) is 0.737. The van der Waals surface area contributed by atoms with Crippen LogP contribution in [0, 0.1) is 5.92 Å². The Hall–Kier alpha value is -1.46. The summed E-state index contributed by atoms with van der Waals surface area (Å²) in [6, 6.07) is 3.94. The molecule has 2 heterocycles. The number of carbonyl (C=O) groups excluding carboxylic acids is 1. The molecule has 2 rings (SSSR count). The van der Waals surface area contributed by atoms with Gasteiger partial charge in [-0.25, -0.2) is 0 Å². The number of nitrogens with one attached hydrogen (secondary N) is 1. The van der Waals surface area contributed by atoms with Crippen molar-refractivity contribution in [1.29, 1.82) is 0 Å². The monoisotopic (exact) mass is 291 g/mol. The van der Waals surface area contributed by atoms with Gasteiger partial charge in [0.05, 0.1) is 6.54 Å². The summed E-state index contributed by atoms with van der Waals surface area (Å²) in [7, 11) is 1.95. The molecule has 1 saturated heterocycles. The molecule has 5 heteroatoms. The highest BCUT2D eigenvalue weighted by atomic mass is 16.5. The van der Waals surface area contributed by atoms with Crippen molar-refractivity contribution in [1.82, 2.24) is 15.2 Å². The van der Waals surface area contributed by atoms with Gasteiger partial charge in [0.15, 0.2) is 0 Å². The van der Waals surface area contributed by atoms with Crippen molar-refractivity contribution in [2.75, 3.05) is 33.4 Å². The number of hydrogen-bond donors (Lipinski definition) is 1. The van der Waals surface area contributed by atoms with E-state index in [9.17, 15) is 4.79 Å². The first-order valence-electron chi connectivity index (χ1n) is 7.66. The van der Waals surface area contributed by atoms with E-state index in [1.165, 1.54) is 12.0 Å². The Labute approximate surface area is 126 Å². The Morgan fingerprint density at radius 3 is 3.00 bits per heavy atom. The molecule has 0 radical (unpaired) electrons. The molecular formula is C16H25N3O2. The number of amides is 1. The molecule has 0 aromatic carbocycles. The van der Waals surface area contributed by atoms with Crippen LogP contribution in [0.1, 0.15) is 24.8 Å². The molecule has 1 fully saturated rings. The molecule has 21 heavy (non-hydrogen) atoms. The number of pyridine rings is 1. The molecule has 0 aliphatic carbocycles. The number of likely N-dealkylation sites (N-methyl/N-ethyl adjacent to an activating group) is 1. The van der Waals surface area contributed by atoms with Crippen LogP contribution in [0.4, 0.5) is 0 Å². The molecule has 1 aromatic rings. The minimum Gasteiger partial charge on any atom is -0.381 e. The minimum atomic E-state index is 0.0919. The Morgan fingerprint density at radius 2 is 2.29 bits per heavy atom. The lowest BCUT2D eigenvalue weighted by molar-refractivity contribution is -0.122.